The van der Waals surface area contributed by atoms with E-state index in [-0.39, 0.29) is 0 Å². The number of hydrogen-bond acceptors (Lipinski definition) is 4. The summed E-state index contributed by atoms with van der Waals surface area (Å²) in [4.78, 5) is 8.61. The first-order valence-electron chi connectivity index (χ1n) is 7.53. The molecule has 0 saturated heterocycles. The van der Waals surface area contributed by atoms with E-state index in [1.54, 1.807) is 6.26 Å². The summed E-state index contributed by atoms with van der Waals surface area (Å²) < 4.78 is 5.64. The van der Waals surface area contributed by atoms with E-state index < -0.39 is 0 Å². The molecule has 1 aromatic carbocycles. The predicted molar refractivity (Wildman–Crippen MR) is 87.2 cm³/mol. The van der Waals surface area contributed by atoms with Gasteiger partial charge < -0.3 is 9.32 Å². The first-order valence-corrected chi connectivity index (χ1v) is 8.35. The second-order valence-corrected chi connectivity index (χ2v) is 7.06. The summed E-state index contributed by atoms with van der Waals surface area (Å²) in [5, 5.41) is 2.42. The van der Waals surface area contributed by atoms with Gasteiger partial charge in [-0.15, -0.1) is 0 Å². The van der Waals surface area contributed by atoms with Crippen LogP contribution in [-0.4, -0.2) is 23.2 Å². The lowest BCUT2D eigenvalue weighted by molar-refractivity contribution is 0.615. The smallest absolute Gasteiger partial charge is 0.168 e. The molecular formula is C17H16N2OS. The highest BCUT2D eigenvalue weighted by Gasteiger charge is 2.40. The fraction of sp³-hybridized carbons (Fsp3) is 0.353. The molecule has 1 aromatic heterocycles. The fourth-order valence-electron chi connectivity index (χ4n) is 3.31. The lowest BCUT2D eigenvalue weighted by atomic mass is 10.0. The zero-order valence-corrected chi connectivity index (χ0v) is 12.7. The van der Waals surface area contributed by atoms with Gasteiger partial charge in [-0.3, -0.25) is 4.99 Å². The second-order valence-electron chi connectivity index (χ2n) is 6.05. The molecule has 106 valence electrons. The standard InChI is InChI=1S/C17H16N2OS/c1-10-8-13(12-4-7-20-14(12)9-10)15-16(11-2-3-11)21-17-18-5-6-19(15)17/h4,7-9,11H,2-3,5-6H2,1H3. The Morgan fingerprint density at radius 1 is 1.33 bits per heavy atom. The van der Waals surface area contributed by atoms with Crippen molar-refractivity contribution in [2.24, 2.45) is 10.9 Å². The van der Waals surface area contributed by atoms with Crippen molar-refractivity contribution < 1.29 is 4.42 Å². The molecule has 3 heterocycles. The van der Waals surface area contributed by atoms with Gasteiger partial charge in [0.25, 0.3) is 0 Å². The molecule has 1 saturated carbocycles. The van der Waals surface area contributed by atoms with Gasteiger partial charge in [-0.25, -0.2) is 0 Å². The maximum Gasteiger partial charge on any atom is 0.168 e. The van der Waals surface area contributed by atoms with Crippen LogP contribution in [-0.2, 0) is 0 Å². The molecule has 1 aliphatic carbocycles. The average molecular weight is 296 g/mol. The van der Waals surface area contributed by atoms with Crippen molar-refractivity contribution in [3.05, 3.63) is 40.5 Å². The van der Waals surface area contributed by atoms with Gasteiger partial charge in [0, 0.05) is 22.4 Å². The highest BCUT2D eigenvalue weighted by Crippen LogP contribution is 2.53. The molecule has 5 rings (SSSR count). The van der Waals surface area contributed by atoms with Crippen LogP contribution in [0.25, 0.3) is 16.7 Å². The van der Waals surface area contributed by atoms with Crippen molar-refractivity contribution in [3.63, 3.8) is 0 Å². The van der Waals surface area contributed by atoms with Crippen LogP contribution in [0.2, 0.25) is 0 Å². The number of rotatable bonds is 2. The van der Waals surface area contributed by atoms with E-state index in [1.165, 1.54) is 45.1 Å². The van der Waals surface area contributed by atoms with E-state index >= 15 is 0 Å². The van der Waals surface area contributed by atoms with Gasteiger partial charge in [0.15, 0.2) is 5.17 Å². The van der Waals surface area contributed by atoms with Crippen LogP contribution in [0.15, 0.2) is 38.8 Å². The topological polar surface area (TPSA) is 28.7 Å². The van der Waals surface area contributed by atoms with Crippen molar-refractivity contribution in [2.45, 2.75) is 19.8 Å². The third-order valence-corrected chi connectivity index (χ3v) is 5.70. The van der Waals surface area contributed by atoms with Crippen molar-refractivity contribution >= 4 is 33.6 Å². The molecule has 0 radical (unpaired) electrons. The number of amidine groups is 1. The fourth-order valence-corrected chi connectivity index (χ4v) is 4.67. The number of nitrogens with zero attached hydrogens (tertiary/aromatic N) is 2. The molecule has 1 fully saturated rings. The molecular weight excluding hydrogens is 280 g/mol. The number of aliphatic imine (C=N–C) groups is 1. The Kier molecular flexibility index (Phi) is 2.37. The summed E-state index contributed by atoms with van der Waals surface area (Å²) in [5.74, 6) is 0.751. The SMILES string of the molecule is Cc1cc(C2=C(C3CC3)SC3=NCCN32)c2ccoc2c1. The Morgan fingerprint density at radius 3 is 3.10 bits per heavy atom. The second kappa shape index (κ2) is 4.17. The number of allylic oxidation sites excluding steroid dienone is 1. The summed E-state index contributed by atoms with van der Waals surface area (Å²) >= 11 is 1.90. The highest BCUT2D eigenvalue weighted by molar-refractivity contribution is 8.17. The molecule has 0 atom stereocenters. The van der Waals surface area contributed by atoms with Gasteiger partial charge in [-0.1, -0.05) is 11.8 Å². The van der Waals surface area contributed by atoms with E-state index in [2.05, 4.69) is 35.0 Å². The quantitative estimate of drug-likeness (QED) is 0.830. The molecule has 2 aromatic rings. The largest absolute Gasteiger partial charge is 0.464 e. The van der Waals surface area contributed by atoms with Gasteiger partial charge in [0.05, 0.1) is 18.5 Å². The molecule has 21 heavy (non-hydrogen) atoms. The number of fused-ring (bicyclic) bond motifs is 2. The van der Waals surface area contributed by atoms with Crippen molar-refractivity contribution in [2.75, 3.05) is 13.1 Å². The number of furan rings is 1. The van der Waals surface area contributed by atoms with Crippen molar-refractivity contribution in [1.29, 1.82) is 0 Å². The lowest BCUT2D eigenvalue weighted by Gasteiger charge is -2.18. The minimum absolute atomic E-state index is 0.751. The van der Waals surface area contributed by atoms with Crippen LogP contribution < -0.4 is 0 Å². The first-order chi connectivity index (χ1) is 10.3. The molecule has 0 bridgehead atoms. The molecule has 3 nitrogen and oxygen atoms in total. The first kappa shape index (κ1) is 11.9. The molecule has 0 spiro atoms. The van der Waals surface area contributed by atoms with Crippen LogP contribution in [0, 0.1) is 12.8 Å². The molecule has 0 N–H and O–H groups in total. The maximum atomic E-state index is 5.64. The van der Waals surface area contributed by atoms with Gasteiger partial charge >= 0.3 is 0 Å². The minimum Gasteiger partial charge on any atom is -0.464 e. The highest BCUT2D eigenvalue weighted by atomic mass is 32.2. The molecule has 4 heteroatoms. The zero-order valence-electron chi connectivity index (χ0n) is 11.9. The van der Waals surface area contributed by atoms with Crippen LogP contribution in [0.1, 0.15) is 24.0 Å². The van der Waals surface area contributed by atoms with Crippen molar-refractivity contribution in [1.82, 2.24) is 4.90 Å². The summed E-state index contributed by atoms with van der Waals surface area (Å²) in [7, 11) is 0. The number of thioether (sulfide) groups is 1. The Balaban J connectivity index is 1.78. The van der Waals surface area contributed by atoms with Crippen LogP contribution >= 0.6 is 11.8 Å². The third kappa shape index (κ3) is 1.72. The average Bonchev–Trinajstić information content (AvgIpc) is 2.89. The molecule has 3 aliphatic rings. The summed E-state index contributed by atoms with van der Waals surface area (Å²) in [6, 6.07) is 6.52. The van der Waals surface area contributed by atoms with Crippen LogP contribution in [0.3, 0.4) is 0 Å². The van der Waals surface area contributed by atoms with Gasteiger partial charge in [-0.05, 0) is 49.4 Å². The van der Waals surface area contributed by atoms with Gasteiger partial charge in [-0.2, -0.15) is 0 Å². The number of aryl methyl sites for hydroxylation is 1. The monoisotopic (exact) mass is 296 g/mol. The Labute approximate surface area is 127 Å². The van der Waals surface area contributed by atoms with Crippen LogP contribution in [0.4, 0.5) is 0 Å². The number of hydrogen-bond donors (Lipinski definition) is 0. The van der Waals surface area contributed by atoms with Gasteiger partial charge in [0.1, 0.15) is 5.58 Å². The van der Waals surface area contributed by atoms with Gasteiger partial charge in [0.2, 0.25) is 0 Å². The molecule has 2 aliphatic heterocycles. The summed E-state index contributed by atoms with van der Waals surface area (Å²) in [6.07, 6.45) is 4.45. The minimum atomic E-state index is 0.751. The third-order valence-electron chi connectivity index (χ3n) is 4.43. The van der Waals surface area contributed by atoms with E-state index in [1.807, 2.05) is 11.8 Å². The Morgan fingerprint density at radius 2 is 2.24 bits per heavy atom. The Bertz CT molecular complexity index is 813. The van der Waals surface area contributed by atoms with Crippen LogP contribution in [0.5, 0.6) is 0 Å². The summed E-state index contributed by atoms with van der Waals surface area (Å²) in [6.45, 7) is 4.08. The lowest BCUT2D eigenvalue weighted by Crippen LogP contribution is -2.20. The zero-order chi connectivity index (χ0) is 14.0. The van der Waals surface area contributed by atoms with E-state index in [9.17, 15) is 0 Å². The molecule has 0 unspecified atom stereocenters. The Hall–Kier alpha value is -1.68. The van der Waals surface area contributed by atoms with E-state index in [4.69, 9.17) is 4.42 Å². The van der Waals surface area contributed by atoms with Crippen molar-refractivity contribution in [3.8, 4) is 0 Å². The predicted octanol–water partition coefficient (Wildman–Crippen LogP) is 4.24. The van der Waals surface area contributed by atoms with E-state index in [0.717, 1.165) is 24.6 Å². The summed E-state index contributed by atoms with van der Waals surface area (Å²) in [5.41, 5.74) is 4.96. The normalized spacial score (nSPS) is 21.4. The molecule has 0 amide bonds. The van der Waals surface area contributed by atoms with E-state index in [0.29, 0.717) is 0 Å². The number of benzene rings is 1. The maximum absolute atomic E-state index is 5.64.